The summed E-state index contributed by atoms with van der Waals surface area (Å²) in [5.74, 6) is -2.09. The van der Waals surface area contributed by atoms with Crippen LogP contribution in [-0.4, -0.2) is 42.8 Å². The predicted molar refractivity (Wildman–Crippen MR) is 148 cm³/mol. The van der Waals surface area contributed by atoms with Gasteiger partial charge in [-0.05, 0) is 80.1 Å². The molecule has 2 aromatic carbocycles. The van der Waals surface area contributed by atoms with E-state index in [4.69, 9.17) is 15.2 Å². The molecule has 3 N–H and O–H groups in total. The largest absolute Gasteiger partial charge is 0.494 e. The highest BCUT2D eigenvalue weighted by molar-refractivity contribution is 7.17. The minimum atomic E-state index is -0.841. The third-order valence-electron chi connectivity index (χ3n) is 6.87. The number of imide groups is 1. The van der Waals surface area contributed by atoms with Crippen molar-refractivity contribution in [2.75, 3.05) is 23.4 Å². The fraction of sp³-hybridized carbons (Fsp3) is 0.276. The number of carbonyl (C=O) groups is 5. The molecule has 1 atom stereocenters. The van der Waals surface area contributed by atoms with Crippen LogP contribution in [0, 0.1) is 5.92 Å². The molecule has 1 aromatic heterocycles. The van der Waals surface area contributed by atoms with Gasteiger partial charge in [-0.2, -0.15) is 0 Å². The number of amides is 4. The van der Waals surface area contributed by atoms with Crippen molar-refractivity contribution in [3.63, 3.8) is 0 Å². The van der Waals surface area contributed by atoms with Gasteiger partial charge in [0.25, 0.3) is 23.6 Å². The van der Waals surface area contributed by atoms with E-state index in [-0.39, 0.29) is 16.7 Å². The maximum Gasteiger partial charge on any atom is 0.338 e. The van der Waals surface area contributed by atoms with E-state index in [0.29, 0.717) is 40.9 Å². The van der Waals surface area contributed by atoms with Gasteiger partial charge in [0.15, 0.2) is 6.61 Å². The molecule has 0 saturated carbocycles. The van der Waals surface area contributed by atoms with E-state index in [9.17, 15) is 24.0 Å². The summed E-state index contributed by atoms with van der Waals surface area (Å²) in [5.41, 5.74) is 7.38. The van der Waals surface area contributed by atoms with Crippen LogP contribution in [-0.2, 0) is 22.4 Å². The third kappa shape index (κ3) is 5.07. The van der Waals surface area contributed by atoms with Crippen LogP contribution in [0.5, 0.6) is 5.75 Å². The molecule has 10 nitrogen and oxygen atoms in total. The number of fused-ring (bicyclic) bond motifs is 2. The van der Waals surface area contributed by atoms with Gasteiger partial charge in [0.1, 0.15) is 10.8 Å². The van der Waals surface area contributed by atoms with Gasteiger partial charge >= 0.3 is 5.97 Å². The Morgan fingerprint density at radius 2 is 1.80 bits per heavy atom. The smallest absolute Gasteiger partial charge is 0.338 e. The highest BCUT2D eigenvalue weighted by Crippen LogP contribution is 2.39. The van der Waals surface area contributed by atoms with Gasteiger partial charge in [-0.3, -0.25) is 19.2 Å². The number of primary amides is 1. The van der Waals surface area contributed by atoms with E-state index in [1.54, 1.807) is 24.3 Å². The van der Waals surface area contributed by atoms with E-state index in [0.717, 1.165) is 28.2 Å². The highest BCUT2D eigenvalue weighted by atomic mass is 32.1. The van der Waals surface area contributed by atoms with Crippen LogP contribution in [0.15, 0.2) is 42.5 Å². The second kappa shape index (κ2) is 10.9. The minimum Gasteiger partial charge on any atom is -0.494 e. The number of esters is 1. The van der Waals surface area contributed by atoms with Crippen molar-refractivity contribution in [1.29, 1.82) is 0 Å². The number of rotatable bonds is 8. The van der Waals surface area contributed by atoms with Crippen molar-refractivity contribution >= 4 is 51.6 Å². The van der Waals surface area contributed by atoms with Crippen LogP contribution in [0.3, 0.4) is 0 Å². The first kappa shape index (κ1) is 27.1. The Hall–Kier alpha value is -4.51. The summed E-state index contributed by atoms with van der Waals surface area (Å²) < 4.78 is 10.6. The van der Waals surface area contributed by atoms with E-state index in [1.807, 2.05) is 6.92 Å². The molecule has 1 aliphatic carbocycles. The first-order valence-corrected chi connectivity index (χ1v) is 13.7. The van der Waals surface area contributed by atoms with Crippen LogP contribution in [0.2, 0.25) is 0 Å². The molecule has 0 bridgehead atoms. The Morgan fingerprint density at radius 3 is 2.50 bits per heavy atom. The van der Waals surface area contributed by atoms with E-state index in [2.05, 4.69) is 12.2 Å². The Labute approximate surface area is 234 Å². The SMILES string of the molecule is CCOc1ccc(N2C(=O)c3ccc(C(=O)OCC(=O)Nc4sc5c(c4C(N)=O)CCC(C)C5)cc3C2=O)cc1. The summed E-state index contributed by atoms with van der Waals surface area (Å²) in [7, 11) is 0. The fourth-order valence-corrected chi connectivity index (χ4v) is 6.37. The Morgan fingerprint density at radius 1 is 1.07 bits per heavy atom. The highest BCUT2D eigenvalue weighted by Gasteiger charge is 2.37. The van der Waals surface area contributed by atoms with Gasteiger partial charge in [0, 0.05) is 4.88 Å². The average molecular weight is 562 g/mol. The van der Waals surface area contributed by atoms with Gasteiger partial charge in [-0.25, -0.2) is 9.69 Å². The zero-order chi connectivity index (χ0) is 28.6. The monoisotopic (exact) mass is 561 g/mol. The van der Waals surface area contributed by atoms with Crippen LogP contribution >= 0.6 is 11.3 Å². The minimum absolute atomic E-state index is 0.0136. The first-order chi connectivity index (χ1) is 19.2. The molecule has 206 valence electrons. The number of anilines is 2. The number of thiophene rings is 1. The van der Waals surface area contributed by atoms with E-state index >= 15 is 0 Å². The standard InChI is InChI=1S/C29H27N3O7S/c1-3-38-18-8-6-17(7-9-18)32-27(35)19-11-5-16(13-21(19)28(32)36)29(37)39-14-23(33)31-26-24(25(30)34)20-10-4-15(2)12-22(20)40-26/h5-9,11,13,15H,3-4,10,12,14H2,1-2H3,(H2,30,34)(H,31,33). The topological polar surface area (TPSA) is 145 Å². The van der Waals surface area contributed by atoms with E-state index < -0.39 is 36.2 Å². The number of nitrogens with one attached hydrogen (secondary N) is 1. The van der Waals surface area contributed by atoms with Crippen LogP contribution < -0.4 is 20.7 Å². The van der Waals surface area contributed by atoms with Crippen LogP contribution in [0.25, 0.3) is 0 Å². The molecule has 1 aliphatic heterocycles. The molecule has 3 aromatic rings. The second-order valence-electron chi connectivity index (χ2n) is 9.68. The average Bonchev–Trinajstić information content (AvgIpc) is 3.41. The number of hydrogen-bond acceptors (Lipinski definition) is 8. The summed E-state index contributed by atoms with van der Waals surface area (Å²) in [6.07, 6.45) is 2.45. The van der Waals surface area contributed by atoms with Crippen LogP contribution in [0.4, 0.5) is 10.7 Å². The third-order valence-corrected chi connectivity index (χ3v) is 8.04. The Bertz CT molecular complexity index is 1540. The van der Waals surface area contributed by atoms with Gasteiger partial charge in [-0.15, -0.1) is 11.3 Å². The molecule has 1 unspecified atom stereocenters. The molecule has 40 heavy (non-hydrogen) atoms. The van der Waals surface area contributed by atoms with Crippen molar-refractivity contribution in [1.82, 2.24) is 0 Å². The van der Waals surface area contributed by atoms with Gasteiger partial charge < -0.3 is 20.5 Å². The lowest BCUT2D eigenvalue weighted by Gasteiger charge is -2.18. The van der Waals surface area contributed by atoms with Crippen molar-refractivity contribution in [3.8, 4) is 5.75 Å². The number of ether oxygens (including phenoxy) is 2. The zero-order valence-corrected chi connectivity index (χ0v) is 22.8. The van der Waals surface area contributed by atoms with Crippen molar-refractivity contribution < 1.29 is 33.4 Å². The Balaban J connectivity index is 1.25. The molecular weight excluding hydrogens is 534 g/mol. The van der Waals surface area contributed by atoms with Gasteiger partial charge in [-0.1, -0.05) is 6.92 Å². The molecule has 5 rings (SSSR count). The molecule has 2 aliphatic rings. The predicted octanol–water partition coefficient (Wildman–Crippen LogP) is 3.97. The summed E-state index contributed by atoms with van der Waals surface area (Å²) >= 11 is 1.31. The lowest BCUT2D eigenvalue weighted by Crippen LogP contribution is -2.29. The lowest BCUT2D eigenvalue weighted by atomic mass is 9.88. The molecule has 4 amide bonds. The lowest BCUT2D eigenvalue weighted by molar-refractivity contribution is -0.119. The number of nitrogens with two attached hydrogens (primary N) is 1. The van der Waals surface area contributed by atoms with Crippen molar-refractivity contribution in [2.24, 2.45) is 11.7 Å². The molecule has 2 heterocycles. The van der Waals surface area contributed by atoms with Crippen molar-refractivity contribution in [3.05, 3.63) is 75.2 Å². The van der Waals surface area contributed by atoms with Gasteiger partial charge in [0.05, 0.1) is 34.5 Å². The van der Waals surface area contributed by atoms with Crippen LogP contribution in [0.1, 0.15) is 72.1 Å². The molecule has 0 spiro atoms. The number of benzene rings is 2. The number of carbonyl (C=O) groups excluding carboxylic acids is 5. The van der Waals surface area contributed by atoms with E-state index in [1.165, 1.54) is 29.5 Å². The normalized spacial score (nSPS) is 15.8. The molecule has 0 radical (unpaired) electrons. The maximum absolute atomic E-state index is 13.1. The van der Waals surface area contributed by atoms with Crippen molar-refractivity contribution in [2.45, 2.75) is 33.1 Å². The zero-order valence-electron chi connectivity index (χ0n) is 21.9. The summed E-state index contributed by atoms with van der Waals surface area (Å²) in [6, 6.07) is 10.6. The summed E-state index contributed by atoms with van der Waals surface area (Å²) in [4.78, 5) is 65.5. The van der Waals surface area contributed by atoms with Gasteiger partial charge in [0.2, 0.25) is 0 Å². The number of hydrogen-bond donors (Lipinski definition) is 2. The number of nitrogens with zero attached hydrogens (tertiary/aromatic N) is 1. The quantitative estimate of drug-likeness (QED) is 0.313. The Kier molecular flexibility index (Phi) is 7.40. The first-order valence-electron chi connectivity index (χ1n) is 12.8. The molecular formula is C29H27N3O7S. The maximum atomic E-state index is 13.1. The fourth-order valence-electron chi connectivity index (χ4n) is 4.94. The molecule has 0 saturated heterocycles. The molecule has 11 heteroatoms. The summed E-state index contributed by atoms with van der Waals surface area (Å²) in [6.45, 7) is 3.85. The molecule has 0 fully saturated rings. The second-order valence-corrected chi connectivity index (χ2v) is 10.8. The summed E-state index contributed by atoms with van der Waals surface area (Å²) in [5, 5.41) is 3.00.